The highest BCUT2D eigenvalue weighted by Gasteiger charge is 2.13. The van der Waals surface area contributed by atoms with Crippen molar-refractivity contribution in [1.82, 2.24) is 5.32 Å². The first kappa shape index (κ1) is 9.53. The standard InChI is InChI=1S/C12H17NO/c1-10-5-4-6-11(9-10)14-12-7-2-3-8-13-12/h4-6,9,12-13H,2-3,7-8H2,1H3. The Morgan fingerprint density at radius 1 is 1.36 bits per heavy atom. The molecule has 14 heavy (non-hydrogen) atoms. The van der Waals surface area contributed by atoms with Gasteiger partial charge in [-0.1, -0.05) is 12.1 Å². The van der Waals surface area contributed by atoms with Gasteiger partial charge in [0, 0.05) is 0 Å². The van der Waals surface area contributed by atoms with E-state index in [0.717, 1.165) is 18.7 Å². The minimum atomic E-state index is 0.213. The number of nitrogens with one attached hydrogen (secondary N) is 1. The number of hydrogen-bond donors (Lipinski definition) is 1. The molecule has 1 heterocycles. The molecule has 1 atom stereocenters. The van der Waals surface area contributed by atoms with Crippen molar-refractivity contribution in [3.63, 3.8) is 0 Å². The van der Waals surface area contributed by atoms with E-state index in [9.17, 15) is 0 Å². The minimum absolute atomic E-state index is 0.213. The van der Waals surface area contributed by atoms with Crippen LogP contribution in [0.5, 0.6) is 5.75 Å². The van der Waals surface area contributed by atoms with Gasteiger partial charge in [-0.25, -0.2) is 0 Å². The van der Waals surface area contributed by atoms with Crippen molar-refractivity contribution in [1.29, 1.82) is 0 Å². The molecule has 0 radical (unpaired) electrons. The molecule has 0 aliphatic carbocycles. The Kier molecular flexibility index (Phi) is 3.04. The average Bonchev–Trinajstić information content (AvgIpc) is 2.19. The lowest BCUT2D eigenvalue weighted by Gasteiger charge is -2.24. The van der Waals surface area contributed by atoms with Crippen molar-refractivity contribution >= 4 is 0 Å². The van der Waals surface area contributed by atoms with Crippen LogP contribution in [0.15, 0.2) is 24.3 Å². The SMILES string of the molecule is Cc1cccc(OC2CCCCN2)c1. The van der Waals surface area contributed by atoms with Crippen LogP contribution in [0, 0.1) is 6.92 Å². The molecule has 1 N–H and O–H groups in total. The van der Waals surface area contributed by atoms with E-state index in [0.29, 0.717) is 0 Å². The maximum atomic E-state index is 5.82. The molecule has 0 aromatic heterocycles. The van der Waals surface area contributed by atoms with Gasteiger partial charge in [-0.3, -0.25) is 5.32 Å². The van der Waals surface area contributed by atoms with Gasteiger partial charge in [0.05, 0.1) is 0 Å². The summed E-state index contributed by atoms with van der Waals surface area (Å²) in [6, 6.07) is 8.22. The number of aryl methyl sites for hydroxylation is 1. The van der Waals surface area contributed by atoms with Crippen LogP contribution < -0.4 is 10.1 Å². The van der Waals surface area contributed by atoms with E-state index < -0.39 is 0 Å². The quantitative estimate of drug-likeness (QED) is 0.775. The van der Waals surface area contributed by atoms with Gasteiger partial charge in [0.1, 0.15) is 12.0 Å². The Bertz CT molecular complexity index is 292. The Morgan fingerprint density at radius 3 is 3.00 bits per heavy atom. The first-order valence-electron chi connectivity index (χ1n) is 5.31. The first-order chi connectivity index (χ1) is 6.84. The monoisotopic (exact) mass is 191 g/mol. The van der Waals surface area contributed by atoms with Crippen molar-refractivity contribution in [2.24, 2.45) is 0 Å². The molecule has 2 nitrogen and oxygen atoms in total. The van der Waals surface area contributed by atoms with Gasteiger partial charge in [0.25, 0.3) is 0 Å². The van der Waals surface area contributed by atoms with E-state index in [1.165, 1.54) is 18.4 Å². The van der Waals surface area contributed by atoms with Crippen LogP contribution in [-0.4, -0.2) is 12.8 Å². The van der Waals surface area contributed by atoms with Crippen LogP contribution in [0.4, 0.5) is 0 Å². The molecule has 0 amide bonds. The van der Waals surface area contributed by atoms with E-state index in [2.05, 4.69) is 24.4 Å². The predicted octanol–water partition coefficient (Wildman–Crippen LogP) is 2.47. The third-order valence-corrected chi connectivity index (χ3v) is 2.53. The fraction of sp³-hybridized carbons (Fsp3) is 0.500. The molecule has 1 unspecified atom stereocenters. The van der Waals surface area contributed by atoms with Crippen LogP contribution >= 0.6 is 0 Å². The molecule has 0 saturated carbocycles. The fourth-order valence-corrected chi connectivity index (χ4v) is 1.77. The molecule has 2 rings (SSSR count). The van der Waals surface area contributed by atoms with Crippen molar-refractivity contribution in [2.75, 3.05) is 6.54 Å². The van der Waals surface area contributed by atoms with Crippen LogP contribution in [0.25, 0.3) is 0 Å². The molecule has 76 valence electrons. The summed E-state index contributed by atoms with van der Waals surface area (Å²) in [7, 11) is 0. The zero-order chi connectivity index (χ0) is 9.80. The summed E-state index contributed by atoms with van der Waals surface area (Å²) >= 11 is 0. The third-order valence-electron chi connectivity index (χ3n) is 2.53. The third kappa shape index (κ3) is 2.48. The maximum absolute atomic E-state index is 5.82. The minimum Gasteiger partial charge on any atom is -0.475 e. The number of ether oxygens (including phenoxy) is 1. The van der Waals surface area contributed by atoms with Gasteiger partial charge < -0.3 is 4.74 Å². The largest absolute Gasteiger partial charge is 0.475 e. The number of hydrogen-bond acceptors (Lipinski definition) is 2. The second kappa shape index (κ2) is 4.47. The molecule has 1 aliphatic heterocycles. The molecule has 1 aliphatic rings. The highest BCUT2D eigenvalue weighted by Crippen LogP contribution is 2.16. The zero-order valence-electron chi connectivity index (χ0n) is 8.62. The van der Waals surface area contributed by atoms with E-state index in [-0.39, 0.29) is 6.23 Å². The topological polar surface area (TPSA) is 21.3 Å². The van der Waals surface area contributed by atoms with E-state index in [1.807, 2.05) is 12.1 Å². The number of rotatable bonds is 2. The summed E-state index contributed by atoms with van der Waals surface area (Å²) in [5, 5.41) is 3.36. The van der Waals surface area contributed by atoms with Gasteiger partial charge in [0.2, 0.25) is 0 Å². The van der Waals surface area contributed by atoms with Crippen LogP contribution in [0.1, 0.15) is 24.8 Å². The average molecular weight is 191 g/mol. The number of benzene rings is 1. The lowest BCUT2D eigenvalue weighted by molar-refractivity contribution is 0.132. The maximum Gasteiger partial charge on any atom is 0.150 e. The molecule has 0 spiro atoms. The molecule has 1 aromatic rings. The van der Waals surface area contributed by atoms with Crippen LogP contribution in [-0.2, 0) is 0 Å². The Balaban J connectivity index is 1.95. The van der Waals surface area contributed by atoms with Gasteiger partial charge in [-0.15, -0.1) is 0 Å². The van der Waals surface area contributed by atoms with Crippen molar-refractivity contribution < 1.29 is 4.74 Å². The summed E-state index contributed by atoms with van der Waals surface area (Å²) in [5.41, 5.74) is 1.25. The summed E-state index contributed by atoms with van der Waals surface area (Å²) in [5.74, 6) is 0.976. The first-order valence-corrected chi connectivity index (χ1v) is 5.31. The Morgan fingerprint density at radius 2 is 2.29 bits per heavy atom. The van der Waals surface area contributed by atoms with Crippen molar-refractivity contribution in [3.8, 4) is 5.75 Å². The van der Waals surface area contributed by atoms with Gasteiger partial charge in [0.15, 0.2) is 0 Å². The lowest BCUT2D eigenvalue weighted by Crippen LogP contribution is -2.38. The molecule has 2 heteroatoms. The van der Waals surface area contributed by atoms with E-state index in [4.69, 9.17) is 4.74 Å². The summed E-state index contributed by atoms with van der Waals surface area (Å²) in [6.45, 7) is 3.16. The highest BCUT2D eigenvalue weighted by molar-refractivity contribution is 5.27. The normalized spacial score (nSPS) is 21.9. The van der Waals surface area contributed by atoms with Gasteiger partial charge >= 0.3 is 0 Å². The summed E-state index contributed by atoms with van der Waals surface area (Å²) < 4.78 is 5.82. The molecule has 1 saturated heterocycles. The smallest absolute Gasteiger partial charge is 0.150 e. The Hall–Kier alpha value is -1.02. The summed E-state index contributed by atoms with van der Waals surface area (Å²) in [6.07, 6.45) is 3.87. The van der Waals surface area contributed by atoms with Crippen molar-refractivity contribution in [2.45, 2.75) is 32.4 Å². The number of piperidine rings is 1. The van der Waals surface area contributed by atoms with Crippen molar-refractivity contribution in [3.05, 3.63) is 29.8 Å². The molecular formula is C12H17NO. The second-order valence-corrected chi connectivity index (χ2v) is 3.87. The second-order valence-electron chi connectivity index (χ2n) is 3.87. The lowest BCUT2D eigenvalue weighted by atomic mass is 10.1. The molecule has 1 fully saturated rings. The highest BCUT2D eigenvalue weighted by atomic mass is 16.5. The van der Waals surface area contributed by atoms with E-state index >= 15 is 0 Å². The van der Waals surface area contributed by atoms with E-state index in [1.54, 1.807) is 0 Å². The molecule has 1 aromatic carbocycles. The molecular weight excluding hydrogens is 174 g/mol. The van der Waals surface area contributed by atoms with Gasteiger partial charge in [-0.2, -0.15) is 0 Å². The zero-order valence-corrected chi connectivity index (χ0v) is 8.62. The molecule has 0 bridgehead atoms. The predicted molar refractivity (Wildman–Crippen MR) is 57.4 cm³/mol. The Labute approximate surface area is 85.3 Å². The van der Waals surface area contributed by atoms with Crippen LogP contribution in [0.3, 0.4) is 0 Å². The van der Waals surface area contributed by atoms with Gasteiger partial charge in [-0.05, 0) is 50.4 Å². The fourth-order valence-electron chi connectivity index (χ4n) is 1.77. The van der Waals surface area contributed by atoms with Crippen LogP contribution in [0.2, 0.25) is 0 Å². The summed E-state index contributed by atoms with van der Waals surface area (Å²) in [4.78, 5) is 0.